The second kappa shape index (κ2) is 7.87. The Morgan fingerprint density at radius 3 is 2.65 bits per heavy atom. The molecule has 2 aliphatic heterocycles. The number of aliphatic carboxylic acids is 1. The van der Waals surface area contributed by atoms with Gasteiger partial charge in [-0.1, -0.05) is 30.4 Å². The van der Waals surface area contributed by atoms with Crippen molar-refractivity contribution in [1.29, 1.82) is 0 Å². The number of rotatable bonds is 5. The fourth-order valence-electron chi connectivity index (χ4n) is 5.58. The van der Waals surface area contributed by atoms with Crippen molar-refractivity contribution in [2.45, 2.75) is 43.9 Å². The molecule has 0 fully saturated rings. The first-order chi connectivity index (χ1) is 16.1. The number of benzene rings is 2. The molecule has 176 valence electrons. The van der Waals surface area contributed by atoms with E-state index in [4.69, 9.17) is 5.11 Å². The van der Waals surface area contributed by atoms with Gasteiger partial charge in [0, 0.05) is 35.3 Å². The number of carbonyl (C=O) groups is 1. The standard InChI is InChI=1S/C27H25F3N2O2/c1-26(2,30)15-32-17-6-5-11-27(32,25-19(14-17)18-7-3-4-8-22(18)31-25)24-20(28)12-16(13-21(24)29)9-10-23(33)34/h3-10,12-13,17,31H,11,14-15H2,1-2H3,(H,33,34)/b10-9+/t17-,27-/m1/s1. The van der Waals surface area contributed by atoms with Crippen LogP contribution in [0.1, 0.15) is 42.7 Å². The van der Waals surface area contributed by atoms with Gasteiger partial charge in [-0.3, -0.25) is 4.90 Å². The van der Waals surface area contributed by atoms with Crippen molar-refractivity contribution in [3.8, 4) is 0 Å². The summed E-state index contributed by atoms with van der Waals surface area (Å²) in [5.74, 6) is -2.81. The van der Waals surface area contributed by atoms with Crippen LogP contribution in [-0.4, -0.2) is 39.2 Å². The lowest BCUT2D eigenvalue weighted by Gasteiger charge is -2.54. The normalized spacial score (nSPS) is 22.4. The third-order valence-electron chi connectivity index (χ3n) is 6.75. The zero-order valence-electron chi connectivity index (χ0n) is 18.9. The molecule has 0 aliphatic carbocycles. The Kier molecular flexibility index (Phi) is 5.20. The van der Waals surface area contributed by atoms with Crippen LogP contribution >= 0.6 is 0 Å². The van der Waals surface area contributed by atoms with E-state index in [2.05, 4.69) is 4.98 Å². The Morgan fingerprint density at radius 2 is 1.97 bits per heavy atom. The van der Waals surface area contributed by atoms with E-state index >= 15 is 13.2 Å². The maximum absolute atomic E-state index is 15.8. The summed E-state index contributed by atoms with van der Waals surface area (Å²) in [6.07, 6.45) is 6.75. The Hall–Kier alpha value is -3.32. The number of aromatic nitrogens is 1. The van der Waals surface area contributed by atoms with E-state index in [1.807, 2.05) is 41.3 Å². The predicted octanol–water partition coefficient (Wildman–Crippen LogP) is 5.72. The number of nitrogens with zero attached hydrogens (tertiary/aromatic N) is 1. The molecule has 0 saturated heterocycles. The largest absolute Gasteiger partial charge is 0.478 e. The molecule has 5 rings (SSSR count). The number of carboxylic acids is 1. The van der Waals surface area contributed by atoms with Crippen LogP contribution in [0.15, 0.2) is 54.6 Å². The molecule has 0 saturated carbocycles. The fraction of sp³-hybridized carbons (Fsp3) is 0.296. The molecule has 2 atom stereocenters. The van der Waals surface area contributed by atoms with Gasteiger partial charge >= 0.3 is 5.97 Å². The molecule has 4 nitrogen and oxygen atoms in total. The Bertz CT molecular complexity index is 1330. The van der Waals surface area contributed by atoms with Gasteiger partial charge in [0.25, 0.3) is 0 Å². The molecule has 0 radical (unpaired) electrons. The maximum atomic E-state index is 15.8. The molecular weight excluding hydrogens is 441 g/mol. The summed E-state index contributed by atoms with van der Waals surface area (Å²) >= 11 is 0. The molecule has 34 heavy (non-hydrogen) atoms. The average molecular weight is 467 g/mol. The van der Waals surface area contributed by atoms with Crippen LogP contribution < -0.4 is 0 Å². The van der Waals surface area contributed by atoms with Crippen molar-refractivity contribution in [2.75, 3.05) is 6.54 Å². The Morgan fingerprint density at radius 1 is 1.26 bits per heavy atom. The number of para-hydroxylation sites is 1. The highest BCUT2D eigenvalue weighted by atomic mass is 19.1. The molecule has 2 bridgehead atoms. The van der Waals surface area contributed by atoms with Gasteiger partial charge in [0.2, 0.25) is 0 Å². The van der Waals surface area contributed by atoms with E-state index < -0.39 is 28.8 Å². The molecule has 0 spiro atoms. The average Bonchev–Trinajstić information content (AvgIpc) is 3.11. The number of nitrogens with one attached hydrogen (secondary N) is 1. The number of fused-ring (bicyclic) bond motifs is 6. The number of hydrogen-bond donors (Lipinski definition) is 2. The quantitative estimate of drug-likeness (QED) is 0.373. The monoisotopic (exact) mass is 466 g/mol. The SMILES string of the molecule is CC(C)(F)CN1[C@@H]2C=CC[C@@]1(c1c(F)cc(/C=C/C(=O)O)cc1F)c1[nH]c3ccccc3c1C2. The summed E-state index contributed by atoms with van der Waals surface area (Å²) in [5.41, 5.74) is -0.428. The van der Waals surface area contributed by atoms with Gasteiger partial charge in [0.1, 0.15) is 17.3 Å². The molecule has 1 aromatic heterocycles. The van der Waals surface area contributed by atoms with Gasteiger partial charge in [-0.15, -0.1) is 0 Å². The molecule has 2 aromatic carbocycles. The van der Waals surface area contributed by atoms with Crippen LogP contribution in [-0.2, 0) is 16.8 Å². The number of H-pyrrole nitrogens is 1. The molecule has 3 heterocycles. The van der Waals surface area contributed by atoms with Gasteiger partial charge in [-0.05, 0) is 62.1 Å². The van der Waals surface area contributed by atoms with E-state index in [1.54, 1.807) is 0 Å². The van der Waals surface area contributed by atoms with Crippen LogP contribution in [0.4, 0.5) is 13.2 Å². The summed E-state index contributed by atoms with van der Waals surface area (Å²) in [6.45, 7) is 2.91. The second-order valence-corrected chi connectivity index (χ2v) is 9.67. The van der Waals surface area contributed by atoms with Crippen LogP contribution in [0.2, 0.25) is 0 Å². The van der Waals surface area contributed by atoms with Crippen molar-refractivity contribution >= 4 is 22.9 Å². The van der Waals surface area contributed by atoms with Crippen LogP contribution in [0.3, 0.4) is 0 Å². The van der Waals surface area contributed by atoms with Crippen molar-refractivity contribution < 1.29 is 23.1 Å². The van der Waals surface area contributed by atoms with E-state index in [9.17, 15) is 4.79 Å². The molecule has 3 aromatic rings. The number of alkyl halides is 1. The van der Waals surface area contributed by atoms with Gasteiger partial charge in [0.05, 0.1) is 11.1 Å². The zero-order valence-corrected chi connectivity index (χ0v) is 18.9. The molecule has 2 N–H and O–H groups in total. The van der Waals surface area contributed by atoms with E-state index in [0.717, 1.165) is 40.8 Å². The molecule has 0 unspecified atom stereocenters. The van der Waals surface area contributed by atoms with Crippen molar-refractivity contribution in [1.82, 2.24) is 9.88 Å². The van der Waals surface area contributed by atoms with Crippen LogP contribution in [0, 0.1) is 11.6 Å². The highest BCUT2D eigenvalue weighted by Crippen LogP contribution is 2.52. The first-order valence-corrected chi connectivity index (χ1v) is 11.2. The number of hydrogen-bond acceptors (Lipinski definition) is 2. The predicted molar refractivity (Wildman–Crippen MR) is 125 cm³/mol. The minimum absolute atomic E-state index is 0.0175. The second-order valence-electron chi connectivity index (χ2n) is 9.67. The number of aromatic amines is 1. The maximum Gasteiger partial charge on any atom is 0.328 e. The van der Waals surface area contributed by atoms with Gasteiger partial charge < -0.3 is 10.1 Å². The van der Waals surface area contributed by atoms with Crippen molar-refractivity contribution in [3.05, 3.63) is 88.6 Å². The molecular formula is C27H25F3N2O2. The number of carboxylic acid groups (broad SMARTS) is 1. The van der Waals surface area contributed by atoms with E-state index in [0.29, 0.717) is 12.1 Å². The van der Waals surface area contributed by atoms with Gasteiger partial charge in [-0.2, -0.15) is 0 Å². The third-order valence-corrected chi connectivity index (χ3v) is 6.75. The Labute approximate surface area is 195 Å². The highest BCUT2D eigenvalue weighted by Gasteiger charge is 2.53. The smallest absolute Gasteiger partial charge is 0.328 e. The summed E-state index contributed by atoms with van der Waals surface area (Å²) in [6, 6.07) is 9.77. The van der Waals surface area contributed by atoms with Gasteiger partial charge in [-0.25, -0.2) is 18.0 Å². The zero-order chi connectivity index (χ0) is 24.3. The Balaban J connectivity index is 1.80. The highest BCUT2D eigenvalue weighted by molar-refractivity contribution is 5.86. The third kappa shape index (κ3) is 3.55. The van der Waals surface area contributed by atoms with Crippen molar-refractivity contribution in [3.63, 3.8) is 0 Å². The fourth-order valence-corrected chi connectivity index (χ4v) is 5.58. The van der Waals surface area contributed by atoms with Gasteiger partial charge in [0.15, 0.2) is 0 Å². The lowest BCUT2D eigenvalue weighted by molar-refractivity contribution is -0.131. The minimum Gasteiger partial charge on any atom is -0.478 e. The van der Waals surface area contributed by atoms with Crippen LogP contribution in [0.5, 0.6) is 0 Å². The minimum atomic E-state index is -1.60. The topological polar surface area (TPSA) is 56.3 Å². The first-order valence-electron chi connectivity index (χ1n) is 11.2. The lowest BCUT2D eigenvalue weighted by atomic mass is 9.71. The molecule has 0 amide bonds. The molecule has 2 aliphatic rings. The summed E-state index contributed by atoms with van der Waals surface area (Å²) in [7, 11) is 0. The van der Waals surface area contributed by atoms with Crippen LogP contribution in [0.25, 0.3) is 17.0 Å². The lowest BCUT2D eigenvalue weighted by Crippen LogP contribution is -2.60. The van der Waals surface area contributed by atoms with E-state index in [1.165, 1.54) is 13.8 Å². The molecule has 7 heteroatoms. The number of halogens is 3. The summed E-state index contributed by atoms with van der Waals surface area (Å²) < 4.78 is 46.6. The summed E-state index contributed by atoms with van der Waals surface area (Å²) in [4.78, 5) is 16.2. The first kappa shape index (κ1) is 22.5. The van der Waals surface area contributed by atoms with Crippen molar-refractivity contribution in [2.24, 2.45) is 0 Å². The van der Waals surface area contributed by atoms with E-state index in [-0.39, 0.29) is 30.1 Å². The summed E-state index contributed by atoms with van der Waals surface area (Å²) in [5, 5.41) is 9.87.